The number of ketones is 1. The maximum Gasteiger partial charge on any atom is 0.377 e. The van der Waals surface area contributed by atoms with Gasteiger partial charge in [-0.25, -0.2) is 9.59 Å². The third-order valence-electron chi connectivity index (χ3n) is 5.42. The number of phenolic OH excluding ortho intramolecular Hbond substituents is 1. The van der Waals surface area contributed by atoms with Gasteiger partial charge in [-0.05, 0) is 24.6 Å². The Morgan fingerprint density at radius 3 is 2.40 bits per heavy atom. The number of hydrogen-bond donors (Lipinski definition) is 5. The molecule has 0 aromatic heterocycles. The number of phenols is 1. The van der Waals surface area contributed by atoms with Crippen LogP contribution >= 0.6 is 0 Å². The van der Waals surface area contributed by atoms with E-state index in [1.807, 2.05) is 0 Å². The number of carbonyl (C=O) groups excluding carboxylic acids is 3. The van der Waals surface area contributed by atoms with Crippen molar-refractivity contribution in [2.45, 2.75) is 38.4 Å². The van der Waals surface area contributed by atoms with E-state index in [0.717, 1.165) is 25.8 Å². The molecule has 5 N–H and O–H groups in total. The molecular weight excluding hydrogens is 458 g/mol. The lowest BCUT2D eigenvalue weighted by molar-refractivity contribution is -0.147. The minimum atomic E-state index is -1.66. The smallest absolute Gasteiger partial charge is 0.377 e. The summed E-state index contributed by atoms with van der Waals surface area (Å²) in [5, 5.41) is 42.7. The van der Waals surface area contributed by atoms with Gasteiger partial charge < -0.3 is 35.2 Å². The van der Waals surface area contributed by atoms with Crippen LogP contribution in [0.25, 0.3) is 0 Å². The number of aromatic hydroxyl groups is 1. The fraction of sp³-hybridized carbons (Fsp3) is 0.320. The molecule has 3 rings (SSSR count). The number of carbonyl (C=O) groups is 3. The third-order valence-corrected chi connectivity index (χ3v) is 5.42. The van der Waals surface area contributed by atoms with Crippen LogP contribution in [0.4, 0.5) is 5.69 Å². The van der Waals surface area contributed by atoms with E-state index in [1.165, 1.54) is 30.3 Å². The molecule has 2 aromatic rings. The number of unbranched alkanes of at least 4 members (excludes halogenated alkanes) is 2. The van der Waals surface area contributed by atoms with Gasteiger partial charge in [-0.2, -0.15) is 0 Å². The van der Waals surface area contributed by atoms with Crippen molar-refractivity contribution in [3.8, 4) is 5.75 Å². The van der Waals surface area contributed by atoms with Gasteiger partial charge in [-0.15, -0.1) is 0 Å². The lowest BCUT2D eigenvalue weighted by Crippen LogP contribution is -2.33. The minimum absolute atomic E-state index is 0.00667. The van der Waals surface area contributed by atoms with Crippen LogP contribution in [-0.4, -0.2) is 63.5 Å². The second-order valence-electron chi connectivity index (χ2n) is 7.97. The SMILES string of the molecule is CCCCCNc1ccc(C(=O)c2ccccc2C(=O)OCC(O)C2OC(=O)C(O)=C2O)c(O)c1. The summed E-state index contributed by atoms with van der Waals surface area (Å²) in [4.78, 5) is 37.0. The molecule has 0 aliphatic carbocycles. The van der Waals surface area contributed by atoms with Gasteiger partial charge in [-0.1, -0.05) is 38.0 Å². The Balaban J connectivity index is 1.70. The normalized spacial score (nSPS) is 16.1. The average Bonchev–Trinajstić information content (AvgIpc) is 3.12. The van der Waals surface area contributed by atoms with Crippen LogP contribution < -0.4 is 5.32 Å². The van der Waals surface area contributed by atoms with Gasteiger partial charge in [-0.3, -0.25) is 4.79 Å². The summed E-state index contributed by atoms with van der Waals surface area (Å²) in [6.45, 7) is 2.14. The molecule has 1 aliphatic rings. The Morgan fingerprint density at radius 2 is 1.77 bits per heavy atom. The van der Waals surface area contributed by atoms with Crippen molar-refractivity contribution in [1.82, 2.24) is 0 Å². The Labute approximate surface area is 201 Å². The number of hydrogen-bond acceptors (Lipinski definition) is 10. The van der Waals surface area contributed by atoms with Crippen molar-refractivity contribution in [1.29, 1.82) is 0 Å². The van der Waals surface area contributed by atoms with Crippen LogP contribution in [0.1, 0.15) is 52.5 Å². The molecule has 10 heteroatoms. The van der Waals surface area contributed by atoms with E-state index in [4.69, 9.17) is 4.74 Å². The summed E-state index contributed by atoms with van der Waals surface area (Å²) in [5.41, 5.74) is 0.510. The van der Waals surface area contributed by atoms with E-state index in [9.17, 15) is 34.8 Å². The van der Waals surface area contributed by atoms with Crippen LogP contribution in [0.15, 0.2) is 54.0 Å². The lowest BCUT2D eigenvalue weighted by Gasteiger charge is -2.17. The monoisotopic (exact) mass is 485 g/mol. The zero-order valence-corrected chi connectivity index (χ0v) is 19.1. The highest BCUT2D eigenvalue weighted by Gasteiger charge is 2.39. The van der Waals surface area contributed by atoms with E-state index in [2.05, 4.69) is 17.0 Å². The molecule has 1 aliphatic heterocycles. The predicted octanol–water partition coefficient (Wildman–Crippen LogP) is 3.00. The number of anilines is 1. The number of cyclic esters (lactones) is 1. The van der Waals surface area contributed by atoms with E-state index in [0.29, 0.717) is 5.69 Å². The predicted molar refractivity (Wildman–Crippen MR) is 124 cm³/mol. The highest BCUT2D eigenvalue weighted by molar-refractivity contribution is 6.15. The van der Waals surface area contributed by atoms with E-state index >= 15 is 0 Å². The second-order valence-corrected chi connectivity index (χ2v) is 7.97. The van der Waals surface area contributed by atoms with Gasteiger partial charge in [0.1, 0.15) is 18.5 Å². The Bertz CT molecular complexity index is 1140. The molecule has 0 spiro atoms. The summed E-state index contributed by atoms with van der Waals surface area (Å²) < 4.78 is 9.66. The molecule has 2 atom stereocenters. The van der Waals surface area contributed by atoms with E-state index in [-0.39, 0.29) is 22.4 Å². The van der Waals surface area contributed by atoms with E-state index in [1.54, 1.807) is 12.1 Å². The fourth-order valence-electron chi connectivity index (χ4n) is 3.50. The molecule has 10 nitrogen and oxygen atoms in total. The number of rotatable bonds is 11. The van der Waals surface area contributed by atoms with Crippen molar-refractivity contribution in [2.24, 2.45) is 0 Å². The van der Waals surface area contributed by atoms with Gasteiger partial charge in [0.2, 0.25) is 5.76 Å². The zero-order valence-electron chi connectivity index (χ0n) is 19.1. The van der Waals surface area contributed by atoms with Gasteiger partial charge in [0.15, 0.2) is 17.6 Å². The van der Waals surface area contributed by atoms with Crippen LogP contribution in [-0.2, 0) is 14.3 Å². The topological polar surface area (TPSA) is 163 Å². The first-order chi connectivity index (χ1) is 16.7. The maximum absolute atomic E-state index is 13.1. The quantitative estimate of drug-likeness (QED) is 0.182. The molecule has 1 heterocycles. The maximum atomic E-state index is 13.1. The summed E-state index contributed by atoms with van der Waals surface area (Å²) >= 11 is 0. The molecule has 0 bridgehead atoms. The lowest BCUT2D eigenvalue weighted by atomic mass is 9.97. The number of benzene rings is 2. The molecule has 0 saturated carbocycles. The van der Waals surface area contributed by atoms with Crippen LogP contribution in [0.3, 0.4) is 0 Å². The molecule has 35 heavy (non-hydrogen) atoms. The number of esters is 2. The summed E-state index contributed by atoms with van der Waals surface area (Å²) in [6.07, 6.45) is -0.109. The Morgan fingerprint density at radius 1 is 1.06 bits per heavy atom. The Hall–Kier alpha value is -4.05. The second kappa shape index (κ2) is 11.4. The first-order valence-electron chi connectivity index (χ1n) is 11.1. The molecule has 0 saturated heterocycles. The molecule has 2 unspecified atom stereocenters. The summed E-state index contributed by atoms with van der Waals surface area (Å²) in [5.74, 6) is -4.93. The van der Waals surface area contributed by atoms with Crippen LogP contribution in [0.5, 0.6) is 5.75 Å². The standard InChI is InChI=1S/C25H27NO9/c1-2-3-6-11-26-14-9-10-17(18(27)12-14)20(29)15-7-4-5-8-16(15)24(32)34-13-19(28)23-21(30)22(31)25(33)35-23/h4-5,7-10,12,19,23,26-28,30-31H,2-3,6,11,13H2,1H3. The van der Waals surface area contributed by atoms with Crippen molar-refractivity contribution in [3.63, 3.8) is 0 Å². The summed E-state index contributed by atoms with van der Waals surface area (Å²) in [7, 11) is 0. The van der Waals surface area contributed by atoms with Crippen molar-refractivity contribution in [3.05, 3.63) is 70.7 Å². The minimum Gasteiger partial charge on any atom is -0.507 e. The fourth-order valence-corrected chi connectivity index (χ4v) is 3.50. The summed E-state index contributed by atoms with van der Waals surface area (Å²) in [6, 6.07) is 10.4. The van der Waals surface area contributed by atoms with Crippen LogP contribution in [0.2, 0.25) is 0 Å². The number of nitrogens with one attached hydrogen (secondary N) is 1. The van der Waals surface area contributed by atoms with Gasteiger partial charge in [0.25, 0.3) is 0 Å². The zero-order chi connectivity index (χ0) is 25.5. The Kier molecular flexibility index (Phi) is 8.32. The largest absolute Gasteiger partial charge is 0.507 e. The first-order valence-corrected chi connectivity index (χ1v) is 11.1. The molecule has 0 fully saturated rings. The number of aliphatic hydroxyl groups is 3. The third kappa shape index (κ3) is 5.90. The molecule has 186 valence electrons. The highest BCUT2D eigenvalue weighted by Crippen LogP contribution is 2.27. The van der Waals surface area contributed by atoms with Gasteiger partial charge in [0, 0.05) is 23.9 Å². The average molecular weight is 485 g/mol. The highest BCUT2D eigenvalue weighted by atomic mass is 16.6. The molecular formula is C25H27NO9. The van der Waals surface area contributed by atoms with Crippen molar-refractivity contribution < 1.29 is 44.3 Å². The van der Waals surface area contributed by atoms with E-state index < -0.39 is 48.1 Å². The van der Waals surface area contributed by atoms with Crippen molar-refractivity contribution in [2.75, 3.05) is 18.5 Å². The van der Waals surface area contributed by atoms with Crippen LogP contribution in [0, 0.1) is 0 Å². The van der Waals surface area contributed by atoms with Gasteiger partial charge >= 0.3 is 11.9 Å². The molecule has 2 aromatic carbocycles. The number of aliphatic hydroxyl groups excluding tert-OH is 3. The first kappa shape index (κ1) is 25.6. The molecule has 0 amide bonds. The number of ether oxygens (including phenoxy) is 2. The molecule has 0 radical (unpaired) electrons. The van der Waals surface area contributed by atoms with Gasteiger partial charge in [0.05, 0.1) is 11.1 Å². The van der Waals surface area contributed by atoms with Crippen molar-refractivity contribution >= 4 is 23.4 Å².